The molecule has 0 aliphatic heterocycles. The Hall–Kier alpha value is -2.41. The summed E-state index contributed by atoms with van der Waals surface area (Å²) in [5.74, 6) is -2.48. The van der Waals surface area contributed by atoms with Gasteiger partial charge >= 0.3 is 18.0 Å². The Balaban J connectivity index is 2.92. The SMILES string of the molecule is CSC(O/N=C(/C(=O)O)c1nsc(NC(=O)OC(C)(C)C)n1)C(=O)OC(C)(C)C. The number of rotatable bonds is 7. The predicted molar refractivity (Wildman–Crippen MR) is 108 cm³/mol. The number of hydrogen-bond acceptors (Lipinski definition) is 11. The van der Waals surface area contributed by atoms with Crippen molar-refractivity contribution in [2.75, 3.05) is 11.6 Å². The average Bonchev–Trinajstić information content (AvgIpc) is 2.95. The molecular weight excluding hydrogens is 424 g/mol. The van der Waals surface area contributed by atoms with E-state index in [4.69, 9.17) is 14.3 Å². The van der Waals surface area contributed by atoms with Crippen LogP contribution in [-0.2, 0) is 23.9 Å². The van der Waals surface area contributed by atoms with E-state index in [2.05, 4.69) is 19.8 Å². The summed E-state index contributed by atoms with van der Waals surface area (Å²) in [6, 6.07) is 0. The summed E-state index contributed by atoms with van der Waals surface area (Å²) in [5, 5.41) is 15.2. The maximum atomic E-state index is 12.1. The van der Waals surface area contributed by atoms with Crippen LogP contribution in [0.25, 0.3) is 0 Å². The number of carboxylic acid groups (broad SMARTS) is 1. The topological polar surface area (TPSA) is 149 Å². The van der Waals surface area contributed by atoms with Gasteiger partial charge in [-0.3, -0.25) is 5.32 Å². The Labute approximate surface area is 176 Å². The van der Waals surface area contributed by atoms with E-state index in [0.717, 1.165) is 23.3 Å². The zero-order valence-electron chi connectivity index (χ0n) is 17.1. The quantitative estimate of drug-likeness (QED) is 0.276. The highest BCUT2D eigenvalue weighted by Crippen LogP contribution is 2.18. The summed E-state index contributed by atoms with van der Waals surface area (Å²) in [6.07, 6.45) is 0.812. The molecule has 2 N–H and O–H groups in total. The van der Waals surface area contributed by atoms with Crippen LogP contribution in [0.15, 0.2) is 5.16 Å². The van der Waals surface area contributed by atoms with Crippen molar-refractivity contribution in [2.24, 2.45) is 5.16 Å². The summed E-state index contributed by atoms with van der Waals surface area (Å²) in [5.41, 5.74) is -3.28. The molecule has 0 aromatic carbocycles. The van der Waals surface area contributed by atoms with Crippen molar-refractivity contribution >= 4 is 52.2 Å². The first-order valence-electron chi connectivity index (χ1n) is 8.28. The molecule has 11 nitrogen and oxygen atoms in total. The number of carboxylic acids is 1. The van der Waals surface area contributed by atoms with E-state index in [1.165, 1.54) is 0 Å². The molecule has 1 aromatic rings. The summed E-state index contributed by atoms with van der Waals surface area (Å²) in [4.78, 5) is 44.3. The fourth-order valence-electron chi connectivity index (χ4n) is 1.57. The number of amides is 1. The third kappa shape index (κ3) is 9.09. The number of aromatic nitrogens is 2. The van der Waals surface area contributed by atoms with Crippen molar-refractivity contribution in [3.63, 3.8) is 0 Å². The normalized spacial score (nSPS) is 13.4. The second-order valence-electron chi connectivity index (χ2n) is 7.50. The first kappa shape index (κ1) is 24.6. The fourth-order valence-corrected chi connectivity index (χ4v) is 2.50. The number of carbonyl (C=O) groups is 3. The van der Waals surface area contributed by atoms with Crippen LogP contribution < -0.4 is 5.32 Å². The second-order valence-corrected chi connectivity index (χ2v) is 9.15. The van der Waals surface area contributed by atoms with Gasteiger partial charge in [-0.25, -0.2) is 14.4 Å². The molecule has 0 aliphatic carbocycles. The molecule has 0 radical (unpaired) electrons. The summed E-state index contributed by atoms with van der Waals surface area (Å²) in [7, 11) is 0. The van der Waals surface area contributed by atoms with Gasteiger partial charge in [-0.2, -0.15) is 9.36 Å². The predicted octanol–water partition coefficient (Wildman–Crippen LogP) is 2.72. The standard InChI is InChI=1S/C16H24N4O7S2/c1-15(2,3)25-11(23)12(28-7)27-19-8(10(21)22)9-17-13(29-20-9)18-14(24)26-16(4,5)6/h12H,1-7H3,(H,21,22)(H,17,18,20,24)/b19-8+. The van der Waals surface area contributed by atoms with Crippen LogP contribution in [-0.4, -0.2) is 61.1 Å². The Morgan fingerprint density at radius 3 is 2.21 bits per heavy atom. The smallest absolute Gasteiger partial charge is 0.414 e. The summed E-state index contributed by atoms with van der Waals surface area (Å²) >= 11 is 1.71. The highest BCUT2D eigenvalue weighted by atomic mass is 32.2. The maximum absolute atomic E-state index is 12.1. The number of anilines is 1. The Morgan fingerprint density at radius 1 is 1.14 bits per heavy atom. The van der Waals surface area contributed by atoms with Gasteiger partial charge in [-0.1, -0.05) is 5.16 Å². The molecule has 1 unspecified atom stereocenters. The fraction of sp³-hybridized carbons (Fsp3) is 0.625. The van der Waals surface area contributed by atoms with E-state index < -0.39 is 40.4 Å². The van der Waals surface area contributed by atoms with Crippen LogP contribution in [0.4, 0.5) is 9.93 Å². The molecule has 0 saturated heterocycles. The largest absolute Gasteiger partial charge is 0.476 e. The summed E-state index contributed by atoms with van der Waals surface area (Å²) < 4.78 is 14.1. The number of ether oxygens (including phenoxy) is 2. The van der Waals surface area contributed by atoms with Gasteiger partial charge in [0.25, 0.3) is 5.44 Å². The Kier molecular flexibility index (Phi) is 8.38. The van der Waals surface area contributed by atoms with E-state index in [9.17, 15) is 19.5 Å². The highest BCUT2D eigenvalue weighted by Gasteiger charge is 2.28. The van der Waals surface area contributed by atoms with Gasteiger partial charge in [0.15, 0.2) is 0 Å². The minimum atomic E-state index is -1.48. The van der Waals surface area contributed by atoms with Gasteiger partial charge in [0.2, 0.25) is 16.7 Å². The first-order valence-corrected chi connectivity index (χ1v) is 10.3. The number of oxime groups is 1. The maximum Gasteiger partial charge on any atom is 0.414 e. The first-order chi connectivity index (χ1) is 13.2. The van der Waals surface area contributed by atoms with Crippen molar-refractivity contribution in [3.05, 3.63) is 5.82 Å². The number of esters is 1. The van der Waals surface area contributed by atoms with E-state index in [0.29, 0.717) is 0 Å². The second kappa shape index (κ2) is 9.87. The van der Waals surface area contributed by atoms with Crippen molar-refractivity contribution in [1.29, 1.82) is 0 Å². The van der Waals surface area contributed by atoms with Crippen molar-refractivity contribution in [2.45, 2.75) is 58.2 Å². The molecule has 0 saturated carbocycles. The van der Waals surface area contributed by atoms with Gasteiger partial charge in [-0.15, -0.1) is 11.8 Å². The van der Waals surface area contributed by atoms with E-state index >= 15 is 0 Å². The molecule has 0 bridgehead atoms. The Bertz CT molecular complexity index is 781. The third-order valence-corrected chi connectivity index (χ3v) is 3.84. The average molecular weight is 449 g/mol. The van der Waals surface area contributed by atoms with E-state index in [-0.39, 0.29) is 11.0 Å². The van der Waals surface area contributed by atoms with Crippen molar-refractivity contribution < 1.29 is 33.8 Å². The zero-order chi connectivity index (χ0) is 22.4. The van der Waals surface area contributed by atoms with Crippen LogP contribution in [0, 0.1) is 0 Å². The van der Waals surface area contributed by atoms with E-state index in [1.807, 2.05) is 0 Å². The van der Waals surface area contributed by atoms with Crippen LogP contribution in [0.2, 0.25) is 0 Å². The number of hydrogen-bond donors (Lipinski definition) is 2. The van der Waals surface area contributed by atoms with Crippen molar-refractivity contribution in [3.8, 4) is 0 Å². The molecule has 1 amide bonds. The molecule has 0 spiro atoms. The van der Waals surface area contributed by atoms with Gasteiger partial charge in [-0.05, 0) is 47.8 Å². The summed E-state index contributed by atoms with van der Waals surface area (Å²) in [6.45, 7) is 10.1. The number of aliphatic carboxylic acids is 1. The van der Waals surface area contributed by atoms with Crippen LogP contribution in [0.1, 0.15) is 47.4 Å². The van der Waals surface area contributed by atoms with Gasteiger partial charge in [0, 0.05) is 11.5 Å². The minimum absolute atomic E-state index is 0.0109. The lowest BCUT2D eigenvalue weighted by atomic mass is 10.2. The molecule has 0 fully saturated rings. The zero-order valence-corrected chi connectivity index (χ0v) is 18.8. The number of nitrogens with zero attached hydrogens (tertiary/aromatic N) is 3. The number of thioether (sulfide) groups is 1. The molecule has 0 aliphatic rings. The number of carbonyl (C=O) groups excluding carboxylic acids is 2. The highest BCUT2D eigenvalue weighted by molar-refractivity contribution is 7.99. The van der Waals surface area contributed by atoms with Gasteiger partial charge in [0.05, 0.1) is 0 Å². The molecule has 1 rings (SSSR count). The van der Waals surface area contributed by atoms with Crippen LogP contribution in [0.3, 0.4) is 0 Å². The lowest BCUT2D eigenvalue weighted by Gasteiger charge is -2.21. The molecule has 13 heteroatoms. The molecule has 1 heterocycles. The van der Waals surface area contributed by atoms with Crippen LogP contribution >= 0.6 is 23.3 Å². The van der Waals surface area contributed by atoms with Crippen molar-refractivity contribution in [1.82, 2.24) is 9.36 Å². The monoisotopic (exact) mass is 448 g/mol. The Morgan fingerprint density at radius 2 is 1.72 bits per heavy atom. The third-order valence-electron chi connectivity index (χ3n) is 2.50. The molecule has 162 valence electrons. The molecule has 1 atom stereocenters. The lowest BCUT2D eigenvalue weighted by Crippen LogP contribution is -2.31. The number of nitrogens with one attached hydrogen (secondary N) is 1. The van der Waals surface area contributed by atoms with Gasteiger partial charge < -0.3 is 19.4 Å². The van der Waals surface area contributed by atoms with Gasteiger partial charge in [0.1, 0.15) is 11.2 Å². The van der Waals surface area contributed by atoms with Crippen LogP contribution in [0.5, 0.6) is 0 Å². The minimum Gasteiger partial charge on any atom is -0.476 e. The lowest BCUT2D eigenvalue weighted by molar-refractivity contribution is -0.162. The molecule has 29 heavy (non-hydrogen) atoms. The van der Waals surface area contributed by atoms with E-state index in [1.54, 1.807) is 47.8 Å². The molecule has 1 aromatic heterocycles. The molecular formula is C16H24N4O7S2.